The van der Waals surface area contributed by atoms with Crippen molar-refractivity contribution in [1.29, 1.82) is 0 Å². The van der Waals surface area contributed by atoms with Crippen molar-refractivity contribution in [2.24, 2.45) is 0 Å². The molecule has 17 heavy (non-hydrogen) atoms. The molecular weight excluding hydrogens is 238 g/mol. The molecule has 0 bridgehead atoms. The van der Waals surface area contributed by atoms with Gasteiger partial charge in [0.2, 0.25) is 0 Å². The van der Waals surface area contributed by atoms with E-state index in [9.17, 15) is 8.42 Å². The van der Waals surface area contributed by atoms with Gasteiger partial charge in [-0.2, -0.15) is 13.1 Å². The van der Waals surface area contributed by atoms with Gasteiger partial charge in [0.05, 0.1) is 5.69 Å². The van der Waals surface area contributed by atoms with Gasteiger partial charge in [-0.1, -0.05) is 13.8 Å². The first kappa shape index (κ1) is 13.8. The smallest absolute Gasteiger partial charge is 0.301 e. The molecule has 0 spiro atoms. The summed E-state index contributed by atoms with van der Waals surface area (Å²) in [6.45, 7) is 4.51. The molecule has 96 valence electrons. The van der Waals surface area contributed by atoms with Crippen molar-refractivity contribution in [1.82, 2.24) is 4.72 Å². The summed E-state index contributed by atoms with van der Waals surface area (Å²) in [6.07, 6.45) is 0.745. The van der Waals surface area contributed by atoms with Crippen molar-refractivity contribution >= 4 is 21.6 Å². The normalized spacial score (nSPS) is 11.4. The van der Waals surface area contributed by atoms with Crippen LogP contribution in [0, 0.1) is 0 Å². The van der Waals surface area contributed by atoms with Crippen LogP contribution in [0.3, 0.4) is 0 Å². The number of hydrogen-bond donors (Lipinski definition) is 2. The molecule has 0 amide bonds. The third-order valence-electron chi connectivity index (χ3n) is 2.22. The van der Waals surface area contributed by atoms with E-state index in [2.05, 4.69) is 4.72 Å². The van der Waals surface area contributed by atoms with Crippen LogP contribution in [-0.4, -0.2) is 21.5 Å². The van der Waals surface area contributed by atoms with Gasteiger partial charge in [-0.05, 0) is 30.7 Å². The Morgan fingerprint density at radius 2 is 1.82 bits per heavy atom. The number of nitrogens with two attached hydrogens (primary N) is 1. The number of nitrogens with zero attached hydrogens (tertiary/aromatic N) is 1. The molecule has 0 aromatic heterocycles. The number of hydrogen-bond acceptors (Lipinski definition) is 3. The number of benzene rings is 1. The quantitative estimate of drug-likeness (QED) is 0.755. The number of nitrogens with one attached hydrogen (secondary N) is 1. The lowest BCUT2D eigenvalue weighted by atomic mass is 10.3. The summed E-state index contributed by atoms with van der Waals surface area (Å²) in [5, 5.41) is 0. The Balaban J connectivity index is 3.04. The van der Waals surface area contributed by atoms with E-state index in [0.717, 1.165) is 6.42 Å². The van der Waals surface area contributed by atoms with Crippen molar-refractivity contribution in [3.05, 3.63) is 24.3 Å². The monoisotopic (exact) mass is 257 g/mol. The summed E-state index contributed by atoms with van der Waals surface area (Å²) in [7, 11) is -3.46. The van der Waals surface area contributed by atoms with Crippen LogP contribution in [0.25, 0.3) is 0 Å². The van der Waals surface area contributed by atoms with Crippen LogP contribution in [0.2, 0.25) is 0 Å². The maximum absolute atomic E-state index is 12.0. The zero-order valence-electron chi connectivity index (χ0n) is 10.2. The van der Waals surface area contributed by atoms with E-state index in [4.69, 9.17) is 5.73 Å². The Morgan fingerprint density at radius 1 is 1.24 bits per heavy atom. The van der Waals surface area contributed by atoms with E-state index in [-0.39, 0.29) is 0 Å². The zero-order chi connectivity index (χ0) is 12.9. The first-order valence-electron chi connectivity index (χ1n) is 5.64. The van der Waals surface area contributed by atoms with Gasteiger partial charge in [-0.15, -0.1) is 0 Å². The maximum Gasteiger partial charge on any atom is 0.301 e. The van der Waals surface area contributed by atoms with Crippen molar-refractivity contribution in [2.45, 2.75) is 20.3 Å². The summed E-state index contributed by atoms with van der Waals surface area (Å²) in [6, 6.07) is 6.80. The second-order valence-electron chi connectivity index (χ2n) is 3.67. The Bertz CT molecular complexity index is 442. The molecule has 0 aliphatic rings. The van der Waals surface area contributed by atoms with Crippen molar-refractivity contribution in [2.75, 3.05) is 23.1 Å². The Labute approximate surface area is 103 Å². The standard InChI is InChI=1S/C11H19N3O2S/c1-3-9-14(17(15,16)13-4-2)11-7-5-10(12)6-8-11/h5-8,13H,3-4,9,12H2,1-2H3. The third kappa shape index (κ3) is 3.61. The number of anilines is 2. The first-order chi connectivity index (χ1) is 8.01. The van der Waals surface area contributed by atoms with E-state index in [1.54, 1.807) is 31.2 Å². The lowest BCUT2D eigenvalue weighted by Crippen LogP contribution is -2.41. The average Bonchev–Trinajstić information content (AvgIpc) is 2.27. The highest BCUT2D eigenvalue weighted by atomic mass is 32.2. The second kappa shape index (κ2) is 5.88. The lowest BCUT2D eigenvalue weighted by molar-refractivity contribution is 0.577. The van der Waals surface area contributed by atoms with E-state index >= 15 is 0 Å². The van der Waals surface area contributed by atoms with Gasteiger partial charge >= 0.3 is 10.2 Å². The number of rotatable bonds is 6. The fourth-order valence-corrected chi connectivity index (χ4v) is 2.83. The Hall–Kier alpha value is -1.27. The fraction of sp³-hybridized carbons (Fsp3) is 0.455. The molecule has 1 aromatic rings. The van der Waals surface area contributed by atoms with Gasteiger partial charge < -0.3 is 5.73 Å². The van der Waals surface area contributed by atoms with Gasteiger partial charge in [0.15, 0.2) is 0 Å². The highest BCUT2D eigenvalue weighted by Crippen LogP contribution is 2.19. The highest BCUT2D eigenvalue weighted by molar-refractivity contribution is 7.90. The molecule has 0 saturated heterocycles. The molecule has 0 saturated carbocycles. The van der Waals surface area contributed by atoms with Gasteiger partial charge in [0.25, 0.3) is 0 Å². The molecule has 0 atom stereocenters. The largest absolute Gasteiger partial charge is 0.399 e. The van der Waals surface area contributed by atoms with E-state index in [0.29, 0.717) is 24.5 Å². The van der Waals surface area contributed by atoms with Gasteiger partial charge in [-0.25, -0.2) is 0 Å². The molecule has 1 aromatic carbocycles. The molecular formula is C11H19N3O2S. The zero-order valence-corrected chi connectivity index (χ0v) is 11.0. The van der Waals surface area contributed by atoms with Crippen LogP contribution in [0.5, 0.6) is 0 Å². The maximum atomic E-state index is 12.0. The van der Waals surface area contributed by atoms with Crippen molar-refractivity contribution in [3.8, 4) is 0 Å². The SMILES string of the molecule is CCCN(c1ccc(N)cc1)S(=O)(=O)NCC. The molecule has 0 unspecified atom stereocenters. The van der Waals surface area contributed by atoms with Crippen LogP contribution in [0.4, 0.5) is 11.4 Å². The van der Waals surface area contributed by atoms with Crippen LogP contribution >= 0.6 is 0 Å². The summed E-state index contributed by atoms with van der Waals surface area (Å²) in [4.78, 5) is 0. The van der Waals surface area contributed by atoms with Crippen LogP contribution in [0.15, 0.2) is 24.3 Å². The Morgan fingerprint density at radius 3 is 2.29 bits per heavy atom. The summed E-state index contributed by atoms with van der Waals surface area (Å²) < 4.78 is 27.8. The van der Waals surface area contributed by atoms with Crippen LogP contribution < -0.4 is 14.8 Å². The molecule has 5 nitrogen and oxygen atoms in total. The van der Waals surface area contributed by atoms with E-state index < -0.39 is 10.2 Å². The highest BCUT2D eigenvalue weighted by Gasteiger charge is 2.20. The number of nitrogen functional groups attached to an aromatic ring is 1. The molecule has 0 fully saturated rings. The van der Waals surface area contributed by atoms with Crippen molar-refractivity contribution in [3.63, 3.8) is 0 Å². The minimum Gasteiger partial charge on any atom is -0.399 e. The lowest BCUT2D eigenvalue weighted by Gasteiger charge is -2.23. The van der Waals surface area contributed by atoms with Crippen LogP contribution in [0.1, 0.15) is 20.3 Å². The molecule has 1 rings (SSSR count). The average molecular weight is 257 g/mol. The molecule has 3 N–H and O–H groups in total. The predicted octanol–water partition coefficient (Wildman–Crippen LogP) is 1.34. The van der Waals surface area contributed by atoms with Gasteiger partial charge in [0, 0.05) is 18.8 Å². The molecule has 0 radical (unpaired) electrons. The minimum absolute atomic E-state index is 0.373. The van der Waals surface area contributed by atoms with Gasteiger partial charge in [0.1, 0.15) is 0 Å². The molecule has 0 aliphatic carbocycles. The van der Waals surface area contributed by atoms with E-state index in [1.165, 1.54) is 4.31 Å². The predicted molar refractivity (Wildman–Crippen MR) is 71.1 cm³/mol. The molecule has 6 heteroatoms. The molecule has 0 heterocycles. The van der Waals surface area contributed by atoms with Crippen LogP contribution in [-0.2, 0) is 10.2 Å². The first-order valence-corrected chi connectivity index (χ1v) is 7.08. The summed E-state index contributed by atoms with van der Waals surface area (Å²) in [5.41, 5.74) is 6.83. The summed E-state index contributed by atoms with van der Waals surface area (Å²) in [5.74, 6) is 0. The Kier molecular flexibility index (Phi) is 4.77. The van der Waals surface area contributed by atoms with E-state index in [1.807, 2.05) is 6.92 Å². The summed E-state index contributed by atoms with van der Waals surface area (Å²) >= 11 is 0. The molecule has 0 aliphatic heterocycles. The topological polar surface area (TPSA) is 75.4 Å². The van der Waals surface area contributed by atoms with Crippen molar-refractivity contribution < 1.29 is 8.42 Å². The van der Waals surface area contributed by atoms with Gasteiger partial charge in [-0.3, -0.25) is 4.31 Å². The fourth-order valence-electron chi connectivity index (χ4n) is 1.49. The minimum atomic E-state index is -3.46. The second-order valence-corrected chi connectivity index (χ2v) is 5.35. The third-order valence-corrected chi connectivity index (χ3v) is 3.85.